The highest BCUT2D eigenvalue weighted by Crippen LogP contribution is 2.10. The number of amides is 1. The Balaban J connectivity index is 1.85. The van der Waals surface area contributed by atoms with E-state index in [0.717, 1.165) is 0 Å². The molecule has 2 rings (SSSR count). The molecule has 1 aromatic rings. The van der Waals surface area contributed by atoms with Crippen molar-refractivity contribution in [3.63, 3.8) is 0 Å². The molecule has 1 N–H and O–H groups in total. The number of nitrogens with one attached hydrogen (secondary N) is 1. The van der Waals surface area contributed by atoms with E-state index in [-0.39, 0.29) is 12.5 Å². The SMILES string of the molecule is CS(=O)(=O)N1CCCN(CC(=O)Nc2ccc(Cl)cn2)CC1. The summed E-state index contributed by atoms with van der Waals surface area (Å²) in [6, 6.07) is 3.29. The number of sulfonamides is 1. The van der Waals surface area contributed by atoms with Crippen molar-refractivity contribution in [2.45, 2.75) is 6.42 Å². The van der Waals surface area contributed by atoms with Gasteiger partial charge in [-0.15, -0.1) is 0 Å². The monoisotopic (exact) mass is 346 g/mol. The number of aromatic nitrogens is 1. The van der Waals surface area contributed by atoms with Crippen LogP contribution in [0.1, 0.15) is 6.42 Å². The molecular formula is C13H19ClN4O3S. The van der Waals surface area contributed by atoms with Gasteiger partial charge in [0.05, 0.1) is 17.8 Å². The van der Waals surface area contributed by atoms with Gasteiger partial charge in [-0.25, -0.2) is 17.7 Å². The van der Waals surface area contributed by atoms with Crippen LogP contribution >= 0.6 is 11.6 Å². The van der Waals surface area contributed by atoms with Crippen molar-refractivity contribution in [3.05, 3.63) is 23.4 Å². The summed E-state index contributed by atoms with van der Waals surface area (Å²) < 4.78 is 24.5. The molecule has 122 valence electrons. The minimum Gasteiger partial charge on any atom is -0.310 e. The summed E-state index contributed by atoms with van der Waals surface area (Å²) in [4.78, 5) is 17.9. The lowest BCUT2D eigenvalue weighted by atomic mass is 10.4. The minimum absolute atomic E-state index is 0.178. The smallest absolute Gasteiger partial charge is 0.239 e. The molecule has 0 bridgehead atoms. The molecule has 0 aromatic carbocycles. The number of carbonyl (C=O) groups is 1. The molecule has 1 aliphatic heterocycles. The molecule has 7 nitrogen and oxygen atoms in total. The number of hydrogen-bond acceptors (Lipinski definition) is 5. The second kappa shape index (κ2) is 7.36. The van der Waals surface area contributed by atoms with Crippen LogP contribution in [-0.2, 0) is 14.8 Å². The molecule has 2 heterocycles. The van der Waals surface area contributed by atoms with Crippen LogP contribution in [0.2, 0.25) is 5.02 Å². The summed E-state index contributed by atoms with van der Waals surface area (Å²) in [6.07, 6.45) is 3.38. The van der Waals surface area contributed by atoms with Crippen LogP contribution in [0.5, 0.6) is 0 Å². The Hall–Kier alpha value is -1.22. The molecule has 22 heavy (non-hydrogen) atoms. The molecule has 0 radical (unpaired) electrons. The molecule has 1 saturated heterocycles. The fraction of sp³-hybridized carbons (Fsp3) is 0.538. The van der Waals surface area contributed by atoms with E-state index in [4.69, 9.17) is 11.6 Å². The lowest BCUT2D eigenvalue weighted by Crippen LogP contribution is -2.37. The summed E-state index contributed by atoms with van der Waals surface area (Å²) in [6.45, 7) is 2.34. The quantitative estimate of drug-likeness (QED) is 0.865. The molecule has 0 atom stereocenters. The second-order valence-electron chi connectivity index (χ2n) is 5.20. The van der Waals surface area contributed by atoms with Gasteiger partial charge >= 0.3 is 0 Å². The molecule has 1 fully saturated rings. The molecular weight excluding hydrogens is 328 g/mol. The van der Waals surface area contributed by atoms with Crippen molar-refractivity contribution in [1.82, 2.24) is 14.2 Å². The van der Waals surface area contributed by atoms with E-state index in [0.29, 0.717) is 43.4 Å². The van der Waals surface area contributed by atoms with E-state index in [1.165, 1.54) is 16.8 Å². The first-order valence-corrected chi connectivity index (χ1v) is 9.16. The molecule has 9 heteroatoms. The van der Waals surface area contributed by atoms with E-state index < -0.39 is 10.0 Å². The topological polar surface area (TPSA) is 82.6 Å². The van der Waals surface area contributed by atoms with Crippen molar-refractivity contribution in [2.75, 3.05) is 44.3 Å². The molecule has 1 aromatic heterocycles. The molecule has 0 unspecified atom stereocenters. The van der Waals surface area contributed by atoms with Gasteiger partial charge in [-0.2, -0.15) is 0 Å². The third-order valence-corrected chi connectivity index (χ3v) is 4.91. The van der Waals surface area contributed by atoms with Crippen molar-refractivity contribution >= 4 is 33.3 Å². The van der Waals surface area contributed by atoms with Gasteiger partial charge in [-0.3, -0.25) is 9.69 Å². The Kier molecular flexibility index (Phi) is 5.74. The van der Waals surface area contributed by atoms with Crippen molar-refractivity contribution in [1.29, 1.82) is 0 Å². The van der Waals surface area contributed by atoms with Crippen LogP contribution in [-0.4, -0.2) is 67.5 Å². The number of carbonyl (C=O) groups excluding carboxylic acids is 1. The van der Waals surface area contributed by atoms with Gasteiger partial charge < -0.3 is 5.32 Å². The molecule has 0 saturated carbocycles. The van der Waals surface area contributed by atoms with Crippen LogP contribution in [0.25, 0.3) is 0 Å². The summed E-state index contributed by atoms with van der Waals surface area (Å²) in [5, 5.41) is 3.20. The zero-order valence-electron chi connectivity index (χ0n) is 12.3. The normalized spacial score (nSPS) is 17.9. The third kappa shape index (κ3) is 5.20. The number of halogens is 1. The largest absolute Gasteiger partial charge is 0.310 e. The van der Waals surface area contributed by atoms with Gasteiger partial charge in [0.2, 0.25) is 15.9 Å². The summed E-state index contributed by atoms with van der Waals surface area (Å²) in [7, 11) is -3.17. The van der Waals surface area contributed by atoms with Gasteiger partial charge in [0.15, 0.2) is 0 Å². The average Bonchev–Trinajstić information content (AvgIpc) is 2.66. The highest BCUT2D eigenvalue weighted by molar-refractivity contribution is 7.88. The first-order chi connectivity index (χ1) is 10.3. The number of nitrogens with zero attached hydrogens (tertiary/aromatic N) is 3. The summed E-state index contributed by atoms with van der Waals surface area (Å²) in [5.74, 6) is 0.268. The van der Waals surface area contributed by atoms with E-state index in [1.807, 2.05) is 4.90 Å². The Labute approximate surface area is 135 Å². The first-order valence-electron chi connectivity index (χ1n) is 6.93. The Morgan fingerprint density at radius 3 is 2.73 bits per heavy atom. The maximum Gasteiger partial charge on any atom is 0.239 e. The van der Waals surface area contributed by atoms with E-state index in [9.17, 15) is 13.2 Å². The maximum absolute atomic E-state index is 12.0. The number of pyridine rings is 1. The van der Waals surface area contributed by atoms with Gasteiger partial charge in [0.1, 0.15) is 5.82 Å². The van der Waals surface area contributed by atoms with E-state index >= 15 is 0 Å². The van der Waals surface area contributed by atoms with Gasteiger partial charge in [0.25, 0.3) is 0 Å². The Morgan fingerprint density at radius 1 is 1.32 bits per heavy atom. The minimum atomic E-state index is -3.17. The molecule has 0 spiro atoms. The van der Waals surface area contributed by atoms with Crippen molar-refractivity contribution in [3.8, 4) is 0 Å². The van der Waals surface area contributed by atoms with Crippen molar-refractivity contribution < 1.29 is 13.2 Å². The molecule has 0 aliphatic carbocycles. The molecule has 1 amide bonds. The zero-order chi connectivity index (χ0) is 16.2. The van der Waals surface area contributed by atoms with Crippen LogP contribution in [0.15, 0.2) is 18.3 Å². The highest BCUT2D eigenvalue weighted by atomic mass is 35.5. The fourth-order valence-electron chi connectivity index (χ4n) is 2.27. The Morgan fingerprint density at radius 2 is 2.09 bits per heavy atom. The Bertz CT molecular complexity index is 621. The number of hydrogen-bond donors (Lipinski definition) is 1. The first kappa shape index (κ1) is 17.1. The van der Waals surface area contributed by atoms with Crippen LogP contribution in [0, 0.1) is 0 Å². The maximum atomic E-state index is 12.0. The predicted molar refractivity (Wildman–Crippen MR) is 85.4 cm³/mol. The van der Waals surface area contributed by atoms with Gasteiger partial charge in [-0.1, -0.05) is 11.6 Å². The summed E-state index contributed by atoms with van der Waals surface area (Å²) in [5.41, 5.74) is 0. The third-order valence-electron chi connectivity index (χ3n) is 3.38. The van der Waals surface area contributed by atoms with Crippen molar-refractivity contribution in [2.24, 2.45) is 0 Å². The average molecular weight is 347 g/mol. The van der Waals surface area contributed by atoms with Gasteiger partial charge in [0, 0.05) is 25.8 Å². The van der Waals surface area contributed by atoms with E-state index in [1.54, 1.807) is 12.1 Å². The molecule has 1 aliphatic rings. The zero-order valence-corrected chi connectivity index (χ0v) is 13.9. The standard InChI is InChI=1S/C13H19ClN4O3S/c1-22(20,21)18-6-2-5-17(7-8-18)10-13(19)16-12-4-3-11(14)9-15-12/h3-4,9H,2,5-8,10H2,1H3,(H,15,16,19). The van der Waals surface area contributed by atoms with Crippen LogP contribution in [0.3, 0.4) is 0 Å². The lowest BCUT2D eigenvalue weighted by molar-refractivity contribution is -0.117. The fourth-order valence-corrected chi connectivity index (χ4v) is 3.26. The van der Waals surface area contributed by atoms with Crippen LogP contribution < -0.4 is 5.32 Å². The number of rotatable bonds is 4. The van der Waals surface area contributed by atoms with E-state index in [2.05, 4.69) is 10.3 Å². The summed E-state index contributed by atoms with van der Waals surface area (Å²) >= 11 is 5.74. The van der Waals surface area contributed by atoms with Crippen LogP contribution in [0.4, 0.5) is 5.82 Å². The van der Waals surface area contributed by atoms with Gasteiger partial charge in [-0.05, 0) is 25.1 Å². The number of anilines is 1. The highest BCUT2D eigenvalue weighted by Gasteiger charge is 2.22. The lowest BCUT2D eigenvalue weighted by Gasteiger charge is -2.20. The second-order valence-corrected chi connectivity index (χ2v) is 7.62. The predicted octanol–water partition coefficient (Wildman–Crippen LogP) is 0.641.